The zero-order valence-corrected chi connectivity index (χ0v) is 32.3. The van der Waals surface area contributed by atoms with Crippen molar-refractivity contribution < 1.29 is 45.9 Å². The van der Waals surface area contributed by atoms with E-state index in [0.717, 1.165) is 4.90 Å². The molecule has 0 radical (unpaired) electrons. The third kappa shape index (κ3) is 8.00. The van der Waals surface area contributed by atoms with Crippen molar-refractivity contribution in [3.8, 4) is 11.6 Å². The molecule has 4 aliphatic rings. The van der Waals surface area contributed by atoms with E-state index in [9.17, 15) is 36.4 Å². The summed E-state index contributed by atoms with van der Waals surface area (Å²) in [5.41, 5.74) is -2.46. The number of likely N-dealkylation sites (tertiary alicyclic amines) is 2. The molecule has 5 atom stereocenters. The molecule has 0 unspecified atom stereocenters. The molecule has 3 heterocycles. The van der Waals surface area contributed by atoms with Crippen molar-refractivity contribution in [2.24, 2.45) is 17.3 Å². The molecule has 2 N–H and O–H groups in total. The van der Waals surface area contributed by atoms with Gasteiger partial charge in [0.05, 0.1) is 36.4 Å². The molecule has 294 valence electrons. The number of fused-ring (bicyclic) bond motifs is 1. The average Bonchev–Trinajstić information content (AvgIpc) is 4.03. The molecule has 13 nitrogen and oxygen atoms in total. The van der Waals surface area contributed by atoms with Crippen molar-refractivity contribution >= 4 is 56.0 Å². The maximum Gasteiger partial charge on any atom is 0.265 e. The summed E-state index contributed by atoms with van der Waals surface area (Å²) in [5, 5.41) is 3.54. The summed E-state index contributed by atoms with van der Waals surface area (Å²) in [7, 11) is -2.46. The number of alkyl halides is 2. The standard InChI is InChI=1S/C37H46ClF2N5O8S/c1-6-21-18-37(21,34(49)43-54(50,51)23-8-9-23)42-31(47)27-16-22(53-32-25-10-11-28(52-5)30(38)24(25)12-14-41-32)19-45(27)33(48)26(35(2,3)4)17-29(46)44-15-7-13-36(39,40)20-44/h6,10-12,14,21-23,26-27H,1,7-9,13,15-20H2,2-5H3,(H,42,47)(H,43,49)/t21-,22-,26-,27+,37-/m1/s1. The molecular weight excluding hydrogens is 748 g/mol. The van der Waals surface area contributed by atoms with E-state index in [0.29, 0.717) is 34.4 Å². The van der Waals surface area contributed by atoms with Gasteiger partial charge in [0.2, 0.25) is 33.6 Å². The zero-order chi connectivity index (χ0) is 39.4. The number of benzene rings is 1. The number of pyridine rings is 1. The van der Waals surface area contributed by atoms with Gasteiger partial charge >= 0.3 is 0 Å². The van der Waals surface area contributed by atoms with Crippen molar-refractivity contribution in [2.75, 3.05) is 26.7 Å². The Bertz CT molecular complexity index is 1970. The highest BCUT2D eigenvalue weighted by atomic mass is 35.5. The molecule has 6 rings (SSSR count). The van der Waals surface area contributed by atoms with Crippen LogP contribution in [0.2, 0.25) is 5.02 Å². The first-order chi connectivity index (χ1) is 25.3. The fraction of sp³-hybridized carbons (Fsp3) is 0.595. The van der Waals surface area contributed by atoms with Gasteiger partial charge in [-0.2, -0.15) is 0 Å². The van der Waals surface area contributed by atoms with Crippen LogP contribution in [0.15, 0.2) is 37.1 Å². The van der Waals surface area contributed by atoms with E-state index in [1.807, 2.05) is 0 Å². The van der Waals surface area contributed by atoms with Crippen molar-refractivity contribution in [3.05, 3.63) is 42.1 Å². The molecule has 2 aliphatic heterocycles. The van der Waals surface area contributed by atoms with Crippen LogP contribution in [0.1, 0.15) is 65.7 Å². The van der Waals surface area contributed by atoms with E-state index < -0.39 is 86.3 Å². The van der Waals surface area contributed by atoms with Crippen LogP contribution in [0.4, 0.5) is 8.78 Å². The van der Waals surface area contributed by atoms with E-state index in [1.165, 1.54) is 24.3 Å². The number of amides is 4. The minimum Gasteiger partial charge on any atom is -0.495 e. The molecule has 1 aromatic carbocycles. The number of carbonyl (C=O) groups excluding carboxylic acids is 4. The Morgan fingerprint density at radius 1 is 1.17 bits per heavy atom. The highest BCUT2D eigenvalue weighted by molar-refractivity contribution is 7.91. The highest BCUT2D eigenvalue weighted by Gasteiger charge is 2.62. The summed E-state index contributed by atoms with van der Waals surface area (Å²) < 4.78 is 67.8. The van der Waals surface area contributed by atoms with E-state index >= 15 is 0 Å². The number of aromatic nitrogens is 1. The van der Waals surface area contributed by atoms with Gasteiger partial charge < -0.3 is 24.6 Å². The Morgan fingerprint density at radius 3 is 2.50 bits per heavy atom. The van der Waals surface area contributed by atoms with Gasteiger partial charge in [-0.25, -0.2) is 22.2 Å². The minimum absolute atomic E-state index is 0.0560. The fourth-order valence-corrected chi connectivity index (χ4v) is 9.09. The van der Waals surface area contributed by atoms with Crippen LogP contribution in [-0.2, 0) is 29.2 Å². The average molecular weight is 794 g/mol. The van der Waals surface area contributed by atoms with Gasteiger partial charge in [0.15, 0.2) is 0 Å². The van der Waals surface area contributed by atoms with Crippen LogP contribution >= 0.6 is 11.6 Å². The first-order valence-electron chi connectivity index (χ1n) is 18.0. The van der Waals surface area contributed by atoms with E-state index in [2.05, 4.69) is 21.6 Å². The van der Waals surface area contributed by atoms with Crippen molar-refractivity contribution in [1.29, 1.82) is 0 Å². The van der Waals surface area contributed by atoms with Crippen LogP contribution in [0.5, 0.6) is 11.6 Å². The van der Waals surface area contributed by atoms with E-state index in [4.69, 9.17) is 21.1 Å². The maximum absolute atomic E-state index is 14.6. The number of rotatable bonds is 12. The summed E-state index contributed by atoms with van der Waals surface area (Å²) in [6.07, 6.45) is 2.48. The van der Waals surface area contributed by atoms with Crippen LogP contribution in [0.3, 0.4) is 0 Å². The Balaban J connectivity index is 1.29. The summed E-state index contributed by atoms with van der Waals surface area (Å²) in [6.45, 7) is 8.29. The van der Waals surface area contributed by atoms with Crippen LogP contribution < -0.4 is 19.5 Å². The third-order valence-corrected chi connectivity index (χ3v) is 13.1. The lowest BCUT2D eigenvalue weighted by Crippen LogP contribution is -2.57. The Hall–Kier alpha value is -4.05. The molecule has 1 aromatic heterocycles. The normalized spacial score (nSPS) is 25.8. The molecular formula is C37H46ClF2N5O8S. The first-order valence-corrected chi connectivity index (χ1v) is 20.0. The molecule has 54 heavy (non-hydrogen) atoms. The third-order valence-electron chi connectivity index (χ3n) is 10.9. The minimum atomic E-state index is -3.94. The summed E-state index contributed by atoms with van der Waals surface area (Å²) >= 11 is 6.56. The number of nitrogens with one attached hydrogen (secondary N) is 2. The Labute approximate surface area is 318 Å². The van der Waals surface area contributed by atoms with Gasteiger partial charge in [0.25, 0.3) is 11.8 Å². The largest absolute Gasteiger partial charge is 0.495 e. The smallest absolute Gasteiger partial charge is 0.265 e. The quantitative estimate of drug-likeness (QED) is 0.300. The predicted octanol–water partition coefficient (Wildman–Crippen LogP) is 4.22. The number of hydrogen-bond acceptors (Lipinski definition) is 9. The summed E-state index contributed by atoms with van der Waals surface area (Å²) in [5.74, 6) is -6.80. The second-order valence-corrected chi connectivity index (χ2v) is 18.2. The van der Waals surface area contributed by atoms with Gasteiger partial charge in [-0.3, -0.25) is 23.9 Å². The van der Waals surface area contributed by atoms with Crippen molar-refractivity contribution in [1.82, 2.24) is 24.8 Å². The van der Waals surface area contributed by atoms with Gasteiger partial charge in [-0.15, -0.1) is 6.58 Å². The van der Waals surface area contributed by atoms with Crippen LogP contribution in [0.25, 0.3) is 10.8 Å². The molecule has 0 bridgehead atoms. The maximum atomic E-state index is 14.6. The van der Waals surface area contributed by atoms with Gasteiger partial charge in [0, 0.05) is 48.7 Å². The van der Waals surface area contributed by atoms with E-state index in [1.54, 1.807) is 39.0 Å². The summed E-state index contributed by atoms with van der Waals surface area (Å²) in [4.78, 5) is 62.7. The SMILES string of the molecule is C=C[C@@H]1C[C@]1(NC(=O)[C@@H]1C[C@@H](Oc2nccc3c(Cl)c(OC)ccc23)CN1C(=O)[C@@H](CC(=O)N1CCCC(F)(F)C1)C(C)(C)C)C(=O)NS(=O)(=O)C1CC1. The number of halogens is 3. The molecule has 2 saturated heterocycles. The van der Waals surface area contributed by atoms with Gasteiger partial charge in [-0.1, -0.05) is 38.4 Å². The molecule has 2 aromatic rings. The molecule has 4 fully saturated rings. The highest BCUT2D eigenvalue weighted by Crippen LogP contribution is 2.46. The van der Waals surface area contributed by atoms with E-state index in [-0.39, 0.29) is 51.1 Å². The lowest BCUT2D eigenvalue weighted by atomic mass is 9.77. The molecule has 0 spiro atoms. The van der Waals surface area contributed by atoms with Crippen LogP contribution in [-0.4, -0.2) is 102 Å². The number of sulfonamides is 1. The fourth-order valence-electron chi connectivity index (χ4n) is 7.42. The summed E-state index contributed by atoms with van der Waals surface area (Å²) in [6, 6.07) is 3.84. The lowest BCUT2D eigenvalue weighted by Gasteiger charge is -2.37. The van der Waals surface area contributed by atoms with Gasteiger partial charge in [0.1, 0.15) is 23.4 Å². The molecule has 2 saturated carbocycles. The molecule has 4 amide bonds. The second-order valence-electron chi connectivity index (χ2n) is 15.9. The topological polar surface area (TPSA) is 164 Å². The number of ether oxygens (including phenoxy) is 2. The Kier molecular flexibility index (Phi) is 10.7. The Morgan fingerprint density at radius 2 is 1.89 bits per heavy atom. The first kappa shape index (κ1) is 39.6. The lowest BCUT2D eigenvalue weighted by molar-refractivity contribution is -0.151. The molecule has 17 heteroatoms. The number of hydrogen-bond donors (Lipinski definition) is 2. The monoisotopic (exact) mass is 793 g/mol. The number of methoxy groups -OCH3 is 1. The second kappa shape index (κ2) is 14.5. The van der Waals surface area contributed by atoms with Crippen LogP contribution in [0, 0.1) is 17.3 Å². The number of nitrogens with zero attached hydrogens (tertiary/aromatic N) is 3. The predicted molar refractivity (Wildman–Crippen MR) is 195 cm³/mol. The number of piperidine rings is 1. The van der Waals surface area contributed by atoms with Gasteiger partial charge in [-0.05, 0) is 49.3 Å². The number of carbonyl (C=O) groups is 4. The zero-order valence-electron chi connectivity index (χ0n) is 30.7. The van der Waals surface area contributed by atoms with Crippen molar-refractivity contribution in [2.45, 2.75) is 94.6 Å². The molecule has 2 aliphatic carbocycles. The van der Waals surface area contributed by atoms with Crippen molar-refractivity contribution in [3.63, 3.8) is 0 Å².